The molecule has 3 nitrogen and oxygen atoms in total. The SMILES string of the molecule is COc1ccc2c(c1)NCC2N(C)C. The van der Waals surface area contributed by atoms with Gasteiger partial charge in [0.1, 0.15) is 5.75 Å². The predicted octanol–water partition coefficient (Wildman–Crippen LogP) is 1.72. The second-order valence-electron chi connectivity index (χ2n) is 3.81. The zero-order valence-electron chi connectivity index (χ0n) is 8.87. The van der Waals surface area contributed by atoms with Crippen molar-refractivity contribution < 1.29 is 4.74 Å². The number of nitrogens with zero attached hydrogens (tertiary/aromatic N) is 1. The van der Waals surface area contributed by atoms with E-state index in [9.17, 15) is 0 Å². The van der Waals surface area contributed by atoms with Crippen molar-refractivity contribution in [3.05, 3.63) is 23.8 Å². The lowest BCUT2D eigenvalue weighted by Gasteiger charge is -2.18. The maximum absolute atomic E-state index is 5.18. The Kier molecular flexibility index (Phi) is 2.33. The number of anilines is 1. The van der Waals surface area contributed by atoms with Crippen LogP contribution in [-0.4, -0.2) is 32.6 Å². The van der Waals surface area contributed by atoms with Crippen LogP contribution in [0.3, 0.4) is 0 Å². The molecule has 0 saturated heterocycles. The molecule has 0 saturated carbocycles. The quantitative estimate of drug-likeness (QED) is 0.772. The van der Waals surface area contributed by atoms with Crippen molar-refractivity contribution in [2.45, 2.75) is 6.04 Å². The highest BCUT2D eigenvalue weighted by atomic mass is 16.5. The smallest absolute Gasteiger partial charge is 0.120 e. The highest BCUT2D eigenvalue weighted by Gasteiger charge is 2.23. The van der Waals surface area contributed by atoms with Gasteiger partial charge in [0.2, 0.25) is 0 Å². The molecule has 1 aromatic rings. The van der Waals surface area contributed by atoms with Crippen LogP contribution < -0.4 is 10.1 Å². The Balaban J connectivity index is 2.33. The van der Waals surface area contributed by atoms with Crippen molar-refractivity contribution >= 4 is 5.69 Å². The minimum absolute atomic E-state index is 0.482. The number of hydrogen-bond acceptors (Lipinski definition) is 3. The van der Waals surface area contributed by atoms with Gasteiger partial charge in [-0.3, -0.25) is 0 Å². The first-order chi connectivity index (χ1) is 6.72. The molecule has 0 amide bonds. The zero-order valence-corrected chi connectivity index (χ0v) is 8.87. The van der Waals surface area contributed by atoms with E-state index < -0.39 is 0 Å². The van der Waals surface area contributed by atoms with Gasteiger partial charge in [-0.15, -0.1) is 0 Å². The number of hydrogen-bond donors (Lipinski definition) is 1. The molecule has 1 aliphatic rings. The van der Waals surface area contributed by atoms with Gasteiger partial charge in [0.25, 0.3) is 0 Å². The summed E-state index contributed by atoms with van der Waals surface area (Å²) in [4.78, 5) is 2.23. The summed E-state index contributed by atoms with van der Waals surface area (Å²) in [5.74, 6) is 0.913. The summed E-state index contributed by atoms with van der Waals surface area (Å²) in [6, 6.07) is 6.69. The van der Waals surface area contributed by atoms with Gasteiger partial charge >= 0.3 is 0 Å². The third kappa shape index (κ3) is 1.44. The molecule has 0 aromatic heterocycles. The summed E-state index contributed by atoms with van der Waals surface area (Å²) in [5, 5.41) is 3.38. The molecule has 2 rings (SSSR count). The summed E-state index contributed by atoms with van der Waals surface area (Å²) in [6.07, 6.45) is 0. The summed E-state index contributed by atoms with van der Waals surface area (Å²) in [5.41, 5.74) is 2.55. The molecule has 0 aliphatic carbocycles. The molecular formula is C11H16N2O. The maximum atomic E-state index is 5.18. The number of likely N-dealkylation sites (N-methyl/N-ethyl adjacent to an activating group) is 1. The van der Waals surface area contributed by atoms with Crippen molar-refractivity contribution in [1.29, 1.82) is 0 Å². The molecule has 1 unspecified atom stereocenters. The molecule has 0 bridgehead atoms. The minimum Gasteiger partial charge on any atom is -0.497 e. The van der Waals surface area contributed by atoms with Crippen molar-refractivity contribution in [2.24, 2.45) is 0 Å². The van der Waals surface area contributed by atoms with Crippen LogP contribution in [0.5, 0.6) is 5.75 Å². The number of nitrogens with one attached hydrogen (secondary N) is 1. The van der Waals surface area contributed by atoms with E-state index >= 15 is 0 Å². The molecule has 1 N–H and O–H groups in total. The van der Waals surface area contributed by atoms with Gasteiger partial charge in [-0.05, 0) is 25.7 Å². The van der Waals surface area contributed by atoms with Crippen LogP contribution in [0.25, 0.3) is 0 Å². The average Bonchev–Trinajstić information content (AvgIpc) is 2.59. The van der Waals surface area contributed by atoms with E-state index in [1.807, 2.05) is 6.07 Å². The number of rotatable bonds is 2. The average molecular weight is 192 g/mol. The van der Waals surface area contributed by atoms with Gasteiger partial charge in [-0.2, -0.15) is 0 Å². The molecule has 1 aliphatic heterocycles. The lowest BCUT2D eigenvalue weighted by molar-refractivity contribution is 0.321. The van der Waals surface area contributed by atoms with E-state index in [4.69, 9.17) is 4.74 Å². The number of ether oxygens (including phenoxy) is 1. The molecule has 76 valence electrons. The topological polar surface area (TPSA) is 24.5 Å². The maximum Gasteiger partial charge on any atom is 0.120 e. The Labute approximate surface area is 84.7 Å². The molecule has 1 atom stereocenters. The fourth-order valence-electron chi connectivity index (χ4n) is 1.88. The number of fused-ring (bicyclic) bond motifs is 1. The Bertz CT molecular complexity index is 336. The molecule has 0 fully saturated rings. The molecule has 1 aromatic carbocycles. The van der Waals surface area contributed by atoms with Gasteiger partial charge in [0.05, 0.1) is 13.2 Å². The Morgan fingerprint density at radius 2 is 2.21 bits per heavy atom. The normalized spacial score (nSPS) is 19.3. The first kappa shape index (κ1) is 9.34. The molecule has 3 heteroatoms. The van der Waals surface area contributed by atoms with Crippen LogP contribution >= 0.6 is 0 Å². The van der Waals surface area contributed by atoms with Crippen LogP contribution in [0.1, 0.15) is 11.6 Å². The van der Waals surface area contributed by atoms with Gasteiger partial charge in [0.15, 0.2) is 0 Å². The lowest BCUT2D eigenvalue weighted by Crippen LogP contribution is -2.21. The van der Waals surface area contributed by atoms with E-state index in [0.717, 1.165) is 12.3 Å². The highest BCUT2D eigenvalue weighted by molar-refractivity contribution is 5.60. The Hall–Kier alpha value is -1.22. The van der Waals surface area contributed by atoms with Crippen LogP contribution in [0, 0.1) is 0 Å². The number of benzene rings is 1. The van der Waals surface area contributed by atoms with E-state index in [0.29, 0.717) is 6.04 Å². The van der Waals surface area contributed by atoms with Crippen LogP contribution in [0.2, 0.25) is 0 Å². The van der Waals surface area contributed by atoms with E-state index in [1.165, 1.54) is 11.3 Å². The predicted molar refractivity (Wildman–Crippen MR) is 57.9 cm³/mol. The Morgan fingerprint density at radius 1 is 1.43 bits per heavy atom. The van der Waals surface area contributed by atoms with Crippen LogP contribution in [0.15, 0.2) is 18.2 Å². The second kappa shape index (κ2) is 3.50. The minimum atomic E-state index is 0.482. The van der Waals surface area contributed by atoms with Crippen LogP contribution in [0.4, 0.5) is 5.69 Å². The van der Waals surface area contributed by atoms with E-state index in [1.54, 1.807) is 7.11 Å². The van der Waals surface area contributed by atoms with Crippen LogP contribution in [-0.2, 0) is 0 Å². The van der Waals surface area contributed by atoms with Crippen molar-refractivity contribution in [3.63, 3.8) is 0 Å². The van der Waals surface area contributed by atoms with E-state index in [-0.39, 0.29) is 0 Å². The van der Waals surface area contributed by atoms with Crippen molar-refractivity contribution in [2.75, 3.05) is 33.1 Å². The summed E-state index contributed by atoms with van der Waals surface area (Å²) >= 11 is 0. The van der Waals surface area contributed by atoms with Crippen molar-refractivity contribution in [1.82, 2.24) is 4.90 Å². The summed E-state index contributed by atoms with van der Waals surface area (Å²) in [7, 11) is 5.90. The molecule has 0 spiro atoms. The van der Waals surface area contributed by atoms with E-state index in [2.05, 4.69) is 36.4 Å². The first-order valence-electron chi connectivity index (χ1n) is 4.80. The third-order valence-corrected chi connectivity index (χ3v) is 2.73. The molecule has 14 heavy (non-hydrogen) atoms. The standard InChI is InChI=1S/C11H16N2O/c1-13(2)11-7-12-10-6-8(14-3)4-5-9(10)11/h4-6,11-12H,7H2,1-3H3. The monoisotopic (exact) mass is 192 g/mol. The fraction of sp³-hybridized carbons (Fsp3) is 0.455. The van der Waals surface area contributed by atoms with Gasteiger partial charge in [-0.1, -0.05) is 6.07 Å². The van der Waals surface area contributed by atoms with Gasteiger partial charge in [0, 0.05) is 18.3 Å². The second-order valence-corrected chi connectivity index (χ2v) is 3.81. The van der Waals surface area contributed by atoms with Gasteiger partial charge < -0.3 is 15.0 Å². The Morgan fingerprint density at radius 3 is 2.86 bits per heavy atom. The molecular weight excluding hydrogens is 176 g/mol. The van der Waals surface area contributed by atoms with Gasteiger partial charge in [-0.25, -0.2) is 0 Å². The molecule has 1 heterocycles. The fourth-order valence-corrected chi connectivity index (χ4v) is 1.88. The first-order valence-corrected chi connectivity index (χ1v) is 4.80. The van der Waals surface area contributed by atoms with Crippen molar-refractivity contribution in [3.8, 4) is 5.75 Å². The largest absolute Gasteiger partial charge is 0.497 e. The summed E-state index contributed by atoms with van der Waals surface area (Å²) in [6.45, 7) is 0.982. The lowest BCUT2D eigenvalue weighted by atomic mass is 10.1. The zero-order chi connectivity index (χ0) is 10.1. The number of methoxy groups -OCH3 is 1. The third-order valence-electron chi connectivity index (χ3n) is 2.73. The highest BCUT2D eigenvalue weighted by Crippen LogP contribution is 2.34. The molecule has 0 radical (unpaired) electrons. The summed E-state index contributed by atoms with van der Waals surface area (Å²) < 4.78 is 5.18.